The molecule has 0 saturated carbocycles. The van der Waals surface area contributed by atoms with E-state index in [1.165, 1.54) is 14.2 Å². The molecule has 0 radical (unpaired) electrons. The van der Waals surface area contributed by atoms with Crippen molar-refractivity contribution in [2.45, 2.75) is 54.9 Å². The summed E-state index contributed by atoms with van der Waals surface area (Å²) in [5.74, 6) is 0.417. The highest BCUT2D eigenvalue weighted by Gasteiger charge is 2.45. The maximum Gasteiger partial charge on any atom is 0.236 e. The molecule has 0 N–H and O–H groups in total. The van der Waals surface area contributed by atoms with Crippen molar-refractivity contribution in [2.75, 3.05) is 20.4 Å². The highest BCUT2D eigenvalue weighted by atomic mass is 31.2. The van der Waals surface area contributed by atoms with E-state index in [1.807, 2.05) is 19.9 Å². The average molecular weight is 473 g/mol. The van der Waals surface area contributed by atoms with Crippen LogP contribution in [-0.2, 0) is 4.57 Å². The van der Waals surface area contributed by atoms with E-state index >= 15 is 0 Å². The first-order valence-electron chi connectivity index (χ1n) is 11.2. The van der Waals surface area contributed by atoms with Crippen molar-refractivity contribution in [3.05, 3.63) is 58.1 Å². The van der Waals surface area contributed by atoms with Gasteiger partial charge in [0.05, 0.1) is 14.2 Å². The minimum Gasteiger partial charge on any atom is -0.496 e. The van der Waals surface area contributed by atoms with Gasteiger partial charge in [0.2, 0.25) is 18.2 Å². The molecule has 0 saturated heterocycles. The van der Waals surface area contributed by atoms with Crippen molar-refractivity contribution in [1.29, 1.82) is 0 Å². The summed E-state index contributed by atoms with van der Waals surface area (Å²) in [5.41, 5.74) is 1.35. The maximum absolute atomic E-state index is 14.6. The zero-order valence-corrected chi connectivity index (χ0v) is 22.3. The molecule has 2 atom stereocenters. The van der Waals surface area contributed by atoms with Gasteiger partial charge in [-0.1, -0.05) is 45.9 Å². The third-order valence-corrected chi connectivity index (χ3v) is 8.64. The lowest BCUT2D eigenvalue weighted by Crippen LogP contribution is -2.22. The van der Waals surface area contributed by atoms with E-state index in [4.69, 9.17) is 9.47 Å². The summed E-state index contributed by atoms with van der Waals surface area (Å²) in [6.45, 7) is 13.7. The summed E-state index contributed by atoms with van der Waals surface area (Å²) < 4.78 is 25.6. The van der Waals surface area contributed by atoms with E-state index in [1.54, 1.807) is 38.1 Å². The zero-order valence-electron chi connectivity index (χ0n) is 21.4. The first-order valence-corrected chi connectivity index (χ1v) is 13.1. The summed E-state index contributed by atoms with van der Waals surface area (Å²) in [4.78, 5) is 28.0. The molecule has 0 aliphatic rings. The van der Waals surface area contributed by atoms with Crippen LogP contribution >= 0.6 is 7.14 Å². The number of benzene rings is 2. The molecule has 33 heavy (non-hydrogen) atoms. The molecule has 0 spiro atoms. The van der Waals surface area contributed by atoms with Crippen LogP contribution in [-0.4, -0.2) is 31.4 Å². The summed E-state index contributed by atoms with van der Waals surface area (Å²) in [5, 5.41) is 0. The van der Waals surface area contributed by atoms with Gasteiger partial charge in [-0.2, -0.15) is 0 Å². The van der Waals surface area contributed by atoms with Crippen LogP contribution in [0.1, 0.15) is 71.5 Å². The lowest BCUT2D eigenvalue weighted by molar-refractivity contribution is 0.103. The molecular weight excluding hydrogens is 435 g/mol. The molecule has 0 aromatic heterocycles. The van der Waals surface area contributed by atoms with Gasteiger partial charge in [0.1, 0.15) is 17.1 Å². The van der Waals surface area contributed by atoms with Crippen LogP contribution in [0.5, 0.6) is 11.5 Å². The van der Waals surface area contributed by atoms with Gasteiger partial charge >= 0.3 is 0 Å². The number of rotatable bonds is 9. The molecule has 2 aromatic carbocycles. The van der Waals surface area contributed by atoms with Crippen molar-refractivity contribution in [3.63, 3.8) is 0 Å². The van der Waals surface area contributed by atoms with Crippen LogP contribution in [0.3, 0.4) is 0 Å². The van der Waals surface area contributed by atoms with Crippen LogP contribution in [0.4, 0.5) is 0 Å². The minimum absolute atomic E-state index is 0.00407. The van der Waals surface area contributed by atoms with Gasteiger partial charge in [-0.15, -0.1) is 0 Å². The number of hydrogen-bond donors (Lipinski definition) is 0. The Hall–Kier alpha value is -2.39. The Labute approximate surface area is 198 Å². The Morgan fingerprint density at radius 2 is 1.36 bits per heavy atom. The fourth-order valence-electron chi connectivity index (χ4n) is 4.57. The summed E-state index contributed by atoms with van der Waals surface area (Å²) in [6.07, 6.45) is 0.725. The number of carbonyl (C=O) groups is 2. The van der Waals surface area contributed by atoms with E-state index in [9.17, 15) is 14.2 Å². The second kappa shape index (κ2) is 10.3. The summed E-state index contributed by atoms with van der Waals surface area (Å²) >= 11 is 0. The molecule has 0 aliphatic heterocycles. The largest absolute Gasteiger partial charge is 0.496 e. The highest BCUT2D eigenvalue weighted by molar-refractivity contribution is 7.95. The van der Waals surface area contributed by atoms with Crippen LogP contribution in [0.2, 0.25) is 0 Å². The van der Waals surface area contributed by atoms with E-state index in [0.29, 0.717) is 16.7 Å². The first kappa shape index (κ1) is 26.9. The molecule has 2 aromatic rings. The van der Waals surface area contributed by atoms with Gasteiger partial charge in [-0.25, -0.2) is 0 Å². The first-order chi connectivity index (χ1) is 15.2. The Bertz CT molecular complexity index is 1050. The van der Waals surface area contributed by atoms with Crippen molar-refractivity contribution >= 4 is 18.2 Å². The fraction of sp³-hybridized carbons (Fsp3) is 0.481. The van der Waals surface area contributed by atoms with Crippen LogP contribution in [0.15, 0.2) is 30.3 Å². The highest BCUT2D eigenvalue weighted by Crippen LogP contribution is 2.57. The van der Waals surface area contributed by atoms with Crippen LogP contribution in [0.25, 0.3) is 0 Å². The minimum atomic E-state index is -4.07. The molecule has 0 heterocycles. The smallest absolute Gasteiger partial charge is 0.236 e. The van der Waals surface area contributed by atoms with Crippen LogP contribution < -0.4 is 9.47 Å². The molecule has 0 fully saturated rings. The average Bonchev–Trinajstić information content (AvgIpc) is 2.70. The third kappa shape index (κ3) is 5.95. The van der Waals surface area contributed by atoms with Gasteiger partial charge in [0.25, 0.3) is 0 Å². The monoisotopic (exact) mass is 472 g/mol. The standard InChI is InChI=1S/C27H37O5P/c1-17-13-21(31-8)24(22(14-17)32-9)26(29)33(30,16-18(2)15-27(5,6)7)25(28)23-19(3)11-10-12-20(23)4/h10-14,18H,15-16H2,1-9H3. The Kier molecular flexibility index (Phi) is 8.35. The van der Waals surface area contributed by atoms with Gasteiger partial charge < -0.3 is 14.0 Å². The van der Waals surface area contributed by atoms with E-state index in [2.05, 4.69) is 20.8 Å². The van der Waals surface area contributed by atoms with E-state index in [-0.39, 0.29) is 34.6 Å². The molecule has 5 nitrogen and oxygen atoms in total. The zero-order chi connectivity index (χ0) is 25.1. The molecular formula is C27H37O5P. The van der Waals surface area contributed by atoms with Gasteiger partial charge in [0, 0.05) is 11.7 Å². The molecule has 2 unspecified atom stereocenters. The second-order valence-corrected chi connectivity index (χ2v) is 12.9. The van der Waals surface area contributed by atoms with Gasteiger partial charge in [-0.3, -0.25) is 9.59 Å². The van der Waals surface area contributed by atoms with E-state index in [0.717, 1.165) is 12.0 Å². The Morgan fingerprint density at radius 1 is 0.909 bits per heavy atom. The molecule has 0 aliphatic carbocycles. The fourth-order valence-corrected chi connectivity index (χ4v) is 7.39. The number of aryl methyl sites for hydroxylation is 3. The normalized spacial score (nSPS) is 14.3. The van der Waals surface area contributed by atoms with Crippen molar-refractivity contribution < 1.29 is 23.6 Å². The lowest BCUT2D eigenvalue weighted by atomic mass is 9.86. The number of methoxy groups -OCH3 is 2. The van der Waals surface area contributed by atoms with Crippen molar-refractivity contribution in [3.8, 4) is 11.5 Å². The molecule has 2 rings (SSSR count). The predicted molar refractivity (Wildman–Crippen MR) is 135 cm³/mol. The van der Waals surface area contributed by atoms with Gasteiger partial charge in [0.15, 0.2) is 0 Å². The number of carbonyl (C=O) groups excluding carboxylic acids is 2. The summed E-state index contributed by atoms with van der Waals surface area (Å²) in [6, 6.07) is 8.86. The Morgan fingerprint density at radius 3 is 1.79 bits per heavy atom. The molecule has 0 bridgehead atoms. The van der Waals surface area contributed by atoms with Crippen molar-refractivity contribution in [1.82, 2.24) is 0 Å². The molecule has 0 amide bonds. The Balaban J connectivity index is 2.74. The lowest BCUT2D eigenvalue weighted by Gasteiger charge is -2.27. The van der Waals surface area contributed by atoms with E-state index < -0.39 is 18.2 Å². The van der Waals surface area contributed by atoms with Gasteiger partial charge in [-0.05, 0) is 67.3 Å². The summed E-state index contributed by atoms with van der Waals surface area (Å²) in [7, 11) is -1.17. The molecule has 6 heteroatoms. The number of hydrogen-bond acceptors (Lipinski definition) is 5. The second-order valence-electron chi connectivity index (χ2n) is 10.2. The SMILES string of the molecule is COc1cc(C)cc(OC)c1C(=O)P(=O)(CC(C)CC(C)(C)C)C(=O)c1c(C)cccc1C. The quantitative estimate of drug-likeness (QED) is 0.366. The van der Waals surface area contributed by atoms with Crippen LogP contribution in [0, 0.1) is 32.1 Å². The van der Waals surface area contributed by atoms with Crippen molar-refractivity contribution in [2.24, 2.45) is 11.3 Å². The number of ether oxygens (including phenoxy) is 2. The topological polar surface area (TPSA) is 69.7 Å². The molecule has 180 valence electrons. The maximum atomic E-state index is 14.6. The predicted octanol–water partition coefficient (Wildman–Crippen LogP) is 7.05. The third-order valence-electron chi connectivity index (χ3n) is 5.74.